The largest absolute Gasteiger partial charge is 0.243 e. The van der Waals surface area contributed by atoms with E-state index < -0.39 is 11.8 Å². The first kappa shape index (κ1) is 8.86. The van der Waals surface area contributed by atoms with E-state index in [2.05, 4.69) is 0 Å². The summed E-state index contributed by atoms with van der Waals surface area (Å²) >= 11 is 0. The summed E-state index contributed by atoms with van der Waals surface area (Å²) in [5, 5.41) is 0. The molecule has 0 unspecified atom stereocenters. The zero-order chi connectivity index (χ0) is 7.49. The lowest BCUT2D eigenvalue weighted by Gasteiger charge is -2.24. The van der Waals surface area contributed by atoms with Gasteiger partial charge in [-0.1, -0.05) is 20.8 Å². The summed E-state index contributed by atoms with van der Waals surface area (Å²) in [6.07, 6.45) is -1.06. The first-order valence-corrected chi connectivity index (χ1v) is 3.35. The van der Waals surface area contributed by atoms with Gasteiger partial charge in [0.25, 0.3) is 0 Å². The lowest BCUT2D eigenvalue weighted by Crippen LogP contribution is -2.23. The number of halogens is 2. The molecule has 0 atom stereocenters. The van der Waals surface area contributed by atoms with Gasteiger partial charge in [0.15, 0.2) is 0 Å². The van der Waals surface area contributed by atoms with Crippen molar-refractivity contribution < 1.29 is 8.78 Å². The molecule has 0 aromatic rings. The molecule has 0 saturated carbocycles. The van der Waals surface area contributed by atoms with Crippen LogP contribution in [0, 0.1) is 5.41 Å². The fourth-order valence-electron chi connectivity index (χ4n) is 0.559. The van der Waals surface area contributed by atoms with E-state index in [1.165, 1.54) is 0 Å². The van der Waals surface area contributed by atoms with Crippen LogP contribution in [0.1, 0.15) is 33.6 Å². The second-order valence-electron chi connectivity index (χ2n) is 2.66. The van der Waals surface area contributed by atoms with Gasteiger partial charge < -0.3 is 0 Å². The van der Waals surface area contributed by atoms with E-state index in [1.54, 1.807) is 20.8 Å². The molecule has 0 aromatic heterocycles. The van der Waals surface area contributed by atoms with Gasteiger partial charge in [-0.25, -0.2) is 8.78 Å². The average molecular weight is 136 g/mol. The molecule has 0 aliphatic carbocycles. The third-order valence-corrected chi connectivity index (χ3v) is 2.14. The number of hydrogen-bond donors (Lipinski definition) is 0. The van der Waals surface area contributed by atoms with Crippen molar-refractivity contribution >= 4 is 0 Å². The van der Waals surface area contributed by atoms with E-state index in [0.29, 0.717) is 12.8 Å². The maximum atomic E-state index is 12.1. The fourth-order valence-corrected chi connectivity index (χ4v) is 0.559. The highest BCUT2D eigenvalue weighted by atomic mass is 19.3. The maximum Gasteiger partial charge on any atom is 0.243 e. The van der Waals surface area contributed by atoms with Gasteiger partial charge in [0, 0.05) is 5.41 Å². The molecule has 2 heteroatoms. The van der Waals surface area contributed by atoms with E-state index in [-0.39, 0.29) is 0 Å². The summed E-state index contributed by atoms with van der Waals surface area (Å²) in [6, 6.07) is 0. The standard InChI is InChI=1S/C7H14F2/c1-4-7(3,5-2)6(8)9/h6H,4-5H2,1-3H3. The van der Waals surface area contributed by atoms with Gasteiger partial charge in [0.1, 0.15) is 0 Å². The van der Waals surface area contributed by atoms with Gasteiger partial charge >= 0.3 is 0 Å². The Morgan fingerprint density at radius 2 is 1.56 bits per heavy atom. The molecule has 0 radical (unpaired) electrons. The molecule has 0 aliphatic rings. The van der Waals surface area contributed by atoms with E-state index in [4.69, 9.17) is 0 Å². The highest BCUT2D eigenvalue weighted by Crippen LogP contribution is 2.32. The van der Waals surface area contributed by atoms with Crippen molar-refractivity contribution in [3.8, 4) is 0 Å². The first-order valence-electron chi connectivity index (χ1n) is 3.35. The quantitative estimate of drug-likeness (QED) is 0.559. The Labute approximate surface area is 55.3 Å². The molecule has 0 heterocycles. The molecule has 0 aromatic carbocycles. The minimum absolute atomic E-state index is 0.557. The van der Waals surface area contributed by atoms with Gasteiger partial charge in [-0.2, -0.15) is 0 Å². The fraction of sp³-hybridized carbons (Fsp3) is 1.00. The van der Waals surface area contributed by atoms with Gasteiger partial charge in [-0.05, 0) is 12.8 Å². The normalized spacial score (nSPS) is 12.7. The number of hydrogen-bond acceptors (Lipinski definition) is 0. The van der Waals surface area contributed by atoms with Crippen LogP contribution in [0.2, 0.25) is 0 Å². The van der Waals surface area contributed by atoms with Crippen LogP contribution in [0.15, 0.2) is 0 Å². The second-order valence-corrected chi connectivity index (χ2v) is 2.66. The molecule has 9 heavy (non-hydrogen) atoms. The highest BCUT2D eigenvalue weighted by molar-refractivity contribution is 4.72. The molecular weight excluding hydrogens is 122 g/mol. The lowest BCUT2D eigenvalue weighted by atomic mass is 9.85. The van der Waals surface area contributed by atoms with Gasteiger partial charge in [-0.15, -0.1) is 0 Å². The van der Waals surface area contributed by atoms with Crippen LogP contribution < -0.4 is 0 Å². The van der Waals surface area contributed by atoms with Gasteiger partial charge in [0.05, 0.1) is 0 Å². The summed E-state index contributed by atoms with van der Waals surface area (Å²) in [5.74, 6) is 0. The van der Waals surface area contributed by atoms with Crippen molar-refractivity contribution in [1.82, 2.24) is 0 Å². The van der Waals surface area contributed by atoms with Crippen molar-refractivity contribution in [3.63, 3.8) is 0 Å². The Morgan fingerprint density at radius 3 is 1.56 bits per heavy atom. The minimum Gasteiger partial charge on any atom is -0.210 e. The molecule has 0 aliphatic heterocycles. The van der Waals surface area contributed by atoms with Crippen LogP contribution >= 0.6 is 0 Å². The zero-order valence-electron chi connectivity index (χ0n) is 6.25. The molecule has 0 amide bonds. The summed E-state index contributed by atoms with van der Waals surface area (Å²) in [5.41, 5.74) is -0.750. The molecule has 0 bridgehead atoms. The third-order valence-electron chi connectivity index (χ3n) is 2.14. The van der Waals surface area contributed by atoms with Crippen molar-refractivity contribution in [1.29, 1.82) is 0 Å². The molecule has 0 spiro atoms. The number of rotatable bonds is 3. The summed E-state index contributed by atoms with van der Waals surface area (Å²) < 4.78 is 24.2. The van der Waals surface area contributed by atoms with Crippen LogP contribution in [0.3, 0.4) is 0 Å². The highest BCUT2D eigenvalue weighted by Gasteiger charge is 2.30. The molecule has 0 nitrogen and oxygen atoms in total. The monoisotopic (exact) mass is 136 g/mol. The van der Waals surface area contributed by atoms with Gasteiger partial charge in [0.2, 0.25) is 6.43 Å². The molecule has 0 saturated heterocycles. The Bertz CT molecular complexity index is 75.0. The van der Waals surface area contributed by atoms with E-state index in [1.807, 2.05) is 0 Å². The molecule has 56 valence electrons. The van der Waals surface area contributed by atoms with Crippen molar-refractivity contribution in [2.45, 2.75) is 40.0 Å². The van der Waals surface area contributed by atoms with Crippen LogP contribution in [-0.4, -0.2) is 6.43 Å². The molecule has 0 rings (SSSR count). The van der Waals surface area contributed by atoms with Crippen LogP contribution in [0.4, 0.5) is 8.78 Å². The minimum atomic E-state index is -2.17. The lowest BCUT2D eigenvalue weighted by molar-refractivity contribution is 0.00172. The predicted octanol–water partition coefficient (Wildman–Crippen LogP) is 3.08. The number of alkyl halides is 2. The van der Waals surface area contributed by atoms with Crippen molar-refractivity contribution in [2.24, 2.45) is 5.41 Å². The van der Waals surface area contributed by atoms with Gasteiger partial charge in [-0.3, -0.25) is 0 Å². The topological polar surface area (TPSA) is 0 Å². The summed E-state index contributed by atoms with van der Waals surface area (Å²) in [6.45, 7) is 5.23. The smallest absolute Gasteiger partial charge is 0.210 e. The SMILES string of the molecule is CCC(C)(CC)C(F)F. The van der Waals surface area contributed by atoms with E-state index in [0.717, 1.165) is 0 Å². The average Bonchev–Trinajstić information content (AvgIpc) is 1.86. The second kappa shape index (κ2) is 3.14. The molecule has 0 N–H and O–H groups in total. The Balaban J connectivity index is 3.92. The van der Waals surface area contributed by atoms with Crippen LogP contribution in [0.25, 0.3) is 0 Å². The Hall–Kier alpha value is -0.140. The maximum absolute atomic E-state index is 12.1. The predicted molar refractivity (Wildman–Crippen MR) is 34.7 cm³/mol. The molecule has 0 fully saturated rings. The zero-order valence-corrected chi connectivity index (χ0v) is 6.25. The third kappa shape index (κ3) is 1.92. The van der Waals surface area contributed by atoms with E-state index in [9.17, 15) is 8.78 Å². The Morgan fingerprint density at radius 1 is 1.22 bits per heavy atom. The van der Waals surface area contributed by atoms with Crippen molar-refractivity contribution in [3.05, 3.63) is 0 Å². The summed E-state index contributed by atoms with van der Waals surface area (Å²) in [7, 11) is 0. The summed E-state index contributed by atoms with van der Waals surface area (Å²) in [4.78, 5) is 0. The Kier molecular flexibility index (Phi) is 3.09. The molecular formula is C7H14F2. The van der Waals surface area contributed by atoms with Crippen LogP contribution in [-0.2, 0) is 0 Å². The first-order chi connectivity index (χ1) is 4.06. The van der Waals surface area contributed by atoms with Crippen molar-refractivity contribution in [2.75, 3.05) is 0 Å². The van der Waals surface area contributed by atoms with Crippen LogP contribution in [0.5, 0.6) is 0 Å². The van der Waals surface area contributed by atoms with E-state index >= 15 is 0 Å².